The van der Waals surface area contributed by atoms with Crippen LogP contribution in [0.2, 0.25) is 5.02 Å². The van der Waals surface area contributed by atoms with Gasteiger partial charge in [-0.2, -0.15) is 4.31 Å². The maximum Gasteiger partial charge on any atom is 0.244 e. The molecule has 0 amide bonds. The van der Waals surface area contributed by atoms with Crippen LogP contribution < -0.4 is 5.73 Å². The summed E-state index contributed by atoms with van der Waals surface area (Å²) in [6.45, 7) is 0.521. The molecule has 6 heteroatoms. The van der Waals surface area contributed by atoms with Crippen molar-refractivity contribution in [3.05, 3.63) is 29.3 Å². The van der Waals surface area contributed by atoms with Crippen LogP contribution >= 0.6 is 11.6 Å². The zero-order chi connectivity index (χ0) is 14.8. The van der Waals surface area contributed by atoms with E-state index in [2.05, 4.69) is 0 Å². The lowest BCUT2D eigenvalue weighted by molar-refractivity contribution is 0.204. The molecule has 0 aliphatic heterocycles. The summed E-state index contributed by atoms with van der Waals surface area (Å²) in [5, 5.41) is 0.263. The van der Waals surface area contributed by atoms with Crippen LogP contribution in [-0.4, -0.2) is 32.4 Å². The lowest BCUT2D eigenvalue weighted by atomic mass is 9.85. The molecule has 112 valence electrons. The van der Waals surface area contributed by atoms with Gasteiger partial charge in [0.1, 0.15) is 4.90 Å². The molecule has 2 N–H and O–H groups in total. The quantitative estimate of drug-likeness (QED) is 0.928. The highest BCUT2D eigenvalue weighted by molar-refractivity contribution is 7.89. The zero-order valence-corrected chi connectivity index (χ0v) is 13.2. The molecule has 1 aliphatic rings. The number of hydrogen-bond donors (Lipinski definition) is 1. The maximum atomic E-state index is 12.7. The van der Waals surface area contributed by atoms with Gasteiger partial charge in [-0.25, -0.2) is 8.42 Å². The molecule has 0 saturated heterocycles. The average Bonchev–Trinajstić information content (AvgIpc) is 2.46. The van der Waals surface area contributed by atoms with Gasteiger partial charge in [0.2, 0.25) is 10.0 Å². The fraction of sp³-hybridized carbons (Fsp3) is 0.571. The van der Waals surface area contributed by atoms with Gasteiger partial charge in [0, 0.05) is 13.1 Å². The Labute approximate surface area is 126 Å². The van der Waals surface area contributed by atoms with Gasteiger partial charge in [0.25, 0.3) is 0 Å². The first-order valence-corrected chi connectivity index (χ1v) is 8.73. The minimum atomic E-state index is -3.57. The summed E-state index contributed by atoms with van der Waals surface area (Å²) in [4.78, 5) is 0.172. The number of nitrogens with zero attached hydrogens (tertiary/aromatic N) is 1. The molecule has 1 fully saturated rings. The highest BCUT2D eigenvalue weighted by atomic mass is 35.5. The van der Waals surface area contributed by atoms with Crippen molar-refractivity contribution < 1.29 is 8.42 Å². The largest absolute Gasteiger partial charge is 0.330 e. The third-order valence-corrected chi connectivity index (χ3v) is 6.51. The van der Waals surface area contributed by atoms with Crippen molar-refractivity contribution in [1.29, 1.82) is 0 Å². The van der Waals surface area contributed by atoms with Crippen molar-refractivity contribution in [3.63, 3.8) is 0 Å². The molecule has 1 saturated carbocycles. The highest BCUT2D eigenvalue weighted by Gasteiger charge is 2.35. The molecule has 0 radical (unpaired) electrons. The molecule has 1 aromatic rings. The summed E-state index contributed by atoms with van der Waals surface area (Å²) in [7, 11) is -1.93. The van der Waals surface area contributed by atoms with Gasteiger partial charge in [-0.3, -0.25) is 0 Å². The van der Waals surface area contributed by atoms with Crippen molar-refractivity contribution in [1.82, 2.24) is 4.31 Å². The van der Waals surface area contributed by atoms with E-state index in [1.54, 1.807) is 31.3 Å². The number of rotatable bonds is 4. The van der Waals surface area contributed by atoms with Crippen molar-refractivity contribution in [2.24, 2.45) is 11.7 Å². The summed E-state index contributed by atoms with van der Waals surface area (Å²) >= 11 is 6.03. The van der Waals surface area contributed by atoms with Gasteiger partial charge >= 0.3 is 0 Å². The maximum absolute atomic E-state index is 12.7. The minimum absolute atomic E-state index is 0.0324. The summed E-state index contributed by atoms with van der Waals surface area (Å²) in [5.74, 6) is 0.228. The topological polar surface area (TPSA) is 63.4 Å². The van der Waals surface area contributed by atoms with Crippen molar-refractivity contribution in [3.8, 4) is 0 Å². The number of benzene rings is 1. The van der Waals surface area contributed by atoms with Crippen molar-refractivity contribution >= 4 is 21.6 Å². The fourth-order valence-corrected chi connectivity index (χ4v) is 4.87. The van der Waals surface area contributed by atoms with E-state index in [0.29, 0.717) is 6.54 Å². The van der Waals surface area contributed by atoms with Gasteiger partial charge in [-0.05, 0) is 37.4 Å². The molecule has 1 aromatic carbocycles. The number of sulfonamides is 1. The summed E-state index contributed by atoms with van der Waals surface area (Å²) < 4.78 is 26.9. The van der Waals surface area contributed by atoms with Gasteiger partial charge in [-0.15, -0.1) is 0 Å². The van der Waals surface area contributed by atoms with Crippen LogP contribution in [0.1, 0.15) is 25.7 Å². The summed E-state index contributed by atoms with van der Waals surface area (Å²) in [6, 6.07) is 6.53. The van der Waals surface area contributed by atoms with E-state index in [1.165, 1.54) is 4.31 Å². The van der Waals surface area contributed by atoms with Crippen LogP contribution in [0.25, 0.3) is 0 Å². The van der Waals surface area contributed by atoms with Crippen molar-refractivity contribution in [2.75, 3.05) is 13.6 Å². The van der Waals surface area contributed by atoms with Gasteiger partial charge in [0.05, 0.1) is 5.02 Å². The third kappa shape index (κ3) is 3.01. The first-order chi connectivity index (χ1) is 9.48. The van der Waals surface area contributed by atoms with E-state index >= 15 is 0 Å². The Hall–Kier alpha value is -0.620. The molecular weight excluding hydrogens is 296 g/mol. The number of nitrogens with two attached hydrogens (primary N) is 1. The summed E-state index contributed by atoms with van der Waals surface area (Å²) in [5.41, 5.74) is 5.80. The molecule has 0 bridgehead atoms. The molecule has 2 rings (SSSR count). The SMILES string of the molecule is CN(C1CCCCC1CN)S(=O)(=O)c1ccccc1Cl. The molecule has 4 nitrogen and oxygen atoms in total. The van der Waals surface area contributed by atoms with Crippen LogP contribution in [0.3, 0.4) is 0 Å². The van der Waals surface area contributed by atoms with Crippen LogP contribution in [0, 0.1) is 5.92 Å². The lowest BCUT2D eigenvalue weighted by Crippen LogP contribution is -2.45. The second-order valence-corrected chi connectivity index (χ2v) is 7.67. The van der Waals surface area contributed by atoms with E-state index in [9.17, 15) is 8.42 Å². The highest BCUT2D eigenvalue weighted by Crippen LogP contribution is 2.32. The Morgan fingerprint density at radius 2 is 1.95 bits per heavy atom. The van der Waals surface area contributed by atoms with E-state index in [4.69, 9.17) is 17.3 Å². The van der Waals surface area contributed by atoms with E-state index < -0.39 is 10.0 Å². The van der Waals surface area contributed by atoms with Crippen molar-refractivity contribution in [2.45, 2.75) is 36.6 Å². The molecule has 2 unspecified atom stereocenters. The average molecular weight is 317 g/mol. The molecule has 1 aliphatic carbocycles. The Kier molecular flexibility index (Phi) is 5.07. The Bertz CT molecular complexity index is 562. The second-order valence-electron chi connectivity index (χ2n) is 5.30. The first-order valence-electron chi connectivity index (χ1n) is 6.91. The van der Waals surface area contributed by atoms with Gasteiger partial charge in [-0.1, -0.05) is 36.6 Å². The second kappa shape index (κ2) is 6.43. The van der Waals surface area contributed by atoms with Crippen LogP contribution in [0.5, 0.6) is 0 Å². The number of hydrogen-bond acceptors (Lipinski definition) is 3. The van der Waals surface area contributed by atoms with Crippen LogP contribution in [0.15, 0.2) is 29.2 Å². The van der Waals surface area contributed by atoms with E-state index in [1.807, 2.05) is 0 Å². The minimum Gasteiger partial charge on any atom is -0.330 e. The normalized spacial score (nSPS) is 24.0. The Balaban J connectivity index is 2.31. The lowest BCUT2D eigenvalue weighted by Gasteiger charge is -2.36. The molecule has 2 atom stereocenters. The zero-order valence-electron chi connectivity index (χ0n) is 11.6. The molecule has 0 spiro atoms. The standard InChI is InChI=1S/C14H21ClN2O2S/c1-17(13-8-4-2-6-11(13)10-16)20(18,19)14-9-5-3-7-12(14)15/h3,5,7,9,11,13H,2,4,6,8,10,16H2,1H3. The summed E-state index contributed by atoms with van der Waals surface area (Å²) in [6.07, 6.45) is 4.02. The predicted octanol–water partition coefficient (Wildman–Crippen LogP) is 2.48. The molecule has 0 heterocycles. The number of halogens is 1. The smallest absolute Gasteiger partial charge is 0.244 e. The third-order valence-electron chi connectivity index (χ3n) is 4.13. The molecule has 0 aromatic heterocycles. The Morgan fingerprint density at radius 1 is 1.30 bits per heavy atom. The Morgan fingerprint density at radius 3 is 2.60 bits per heavy atom. The fourth-order valence-electron chi connectivity index (χ4n) is 2.93. The van der Waals surface area contributed by atoms with Gasteiger partial charge < -0.3 is 5.73 Å². The molecule has 20 heavy (non-hydrogen) atoms. The van der Waals surface area contributed by atoms with E-state index in [0.717, 1.165) is 25.7 Å². The van der Waals surface area contributed by atoms with Crippen LogP contribution in [-0.2, 0) is 10.0 Å². The predicted molar refractivity (Wildman–Crippen MR) is 81.2 cm³/mol. The monoisotopic (exact) mass is 316 g/mol. The first kappa shape index (κ1) is 15.8. The van der Waals surface area contributed by atoms with Crippen LogP contribution in [0.4, 0.5) is 0 Å². The van der Waals surface area contributed by atoms with Gasteiger partial charge in [0.15, 0.2) is 0 Å². The van der Waals surface area contributed by atoms with E-state index in [-0.39, 0.29) is 21.9 Å². The molecular formula is C14H21ClN2O2S.